The van der Waals surface area contributed by atoms with Crippen LogP contribution in [0.5, 0.6) is 11.5 Å². The van der Waals surface area contributed by atoms with E-state index in [9.17, 15) is 4.79 Å². The molecule has 0 aliphatic carbocycles. The van der Waals surface area contributed by atoms with Crippen LogP contribution >= 0.6 is 11.6 Å². The molecule has 3 rings (SSSR count). The first-order valence-corrected chi connectivity index (χ1v) is 9.73. The Balaban J connectivity index is 1.39. The Morgan fingerprint density at radius 1 is 0.828 bits per heavy atom. The molecule has 0 aromatic heterocycles. The molecule has 0 unspecified atom stereocenters. The molecule has 3 aromatic rings. The van der Waals surface area contributed by atoms with Crippen LogP contribution in [-0.4, -0.2) is 25.7 Å². The molecule has 1 amide bonds. The van der Waals surface area contributed by atoms with Crippen LogP contribution < -0.4 is 20.1 Å². The van der Waals surface area contributed by atoms with Gasteiger partial charge in [0.05, 0.1) is 6.54 Å². The molecule has 0 spiro atoms. The SMILES string of the molecule is O=C(CNCc1ccccc1Cl)Nc1cccc(OCCOc2ccccc2)c1. The van der Waals surface area contributed by atoms with Gasteiger partial charge in [-0.05, 0) is 35.9 Å². The van der Waals surface area contributed by atoms with Crippen LogP contribution in [0.1, 0.15) is 5.56 Å². The summed E-state index contributed by atoms with van der Waals surface area (Å²) in [5.74, 6) is 1.34. The number of hydrogen-bond acceptors (Lipinski definition) is 4. The molecule has 3 aromatic carbocycles. The Morgan fingerprint density at radius 2 is 1.52 bits per heavy atom. The fourth-order valence-corrected chi connectivity index (χ4v) is 2.86. The quantitative estimate of drug-likeness (QED) is 0.482. The van der Waals surface area contributed by atoms with Crippen LogP contribution in [0.25, 0.3) is 0 Å². The van der Waals surface area contributed by atoms with Crippen LogP contribution in [0.4, 0.5) is 5.69 Å². The van der Waals surface area contributed by atoms with Crippen molar-refractivity contribution in [2.45, 2.75) is 6.54 Å². The first-order valence-electron chi connectivity index (χ1n) is 9.35. The minimum atomic E-state index is -0.137. The number of amides is 1. The molecular weight excluding hydrogens is 388 g/mol. The van der Waals surface area contributed by atoms with E-state index in [0.29, 0.717) is 36.2 Å². The standard InChI is InChI=1S/C23H23ClN2O3/c24-22-12-5-4-7-18(22)16-25-17-23(27)26-19-8-6-11-21(15-19)29-14-13-28-20-9-2-1-3-10-20/h1-12,15,25H,13-14,16-17H2,(H,26,27). The minimum absolute atomic E-state index is 0.137. The smallest absolute Gasteiger partial charge is 0.238 e. The topological polar surface area (TPSA) is 59.6 Å². The molecule has 29 heavy (non-hydrogen) atoms. The second kappa shape index (κ2) is 11.1. The summed E-state index contributed by atoms with van der Waals surface area (Å²) in [4.78, 5) is 12.1. The zero-order valence-electron chi connectivity index (χ0n) is 15.9. The number of carbonyl (C=O) groups is 1. The molecule has 6 heteroatoms. The third-order valence-electron chi connectivity index (χ3n) is 4.04. The average molecular weight is 411 g/mol. The maximum atomic E-state index is 12.1. The van der Waals surface area contributed by atoms with E-state index in [1.165, 1.54) is 0 Å². The third-order valence-corrected chi connectivity index (χ3v) is 4.41. The van der Waals surface area contributed by atoms with Crippen LogP contribution in [0.2, 0.25) is 5.02 Å². The number of nitrogens with one attached hydrogen (secondary N) is 2. The Morgan fingerprint density at radius 3 is 2.31 bits per heavy atom. The third kappa shape index (κ3) is 7.14. The molecule has 5 nitrogen and oxygen atoms in total. The molecule has 0 bridgehead atoms. The Labute approximate surface area is 175 Å². The van der Waals surface area contributed by atoms with Gasteiger partial charge < -0.3 is 20.1 Å². The van der Waals surface area contributed by atoms with Gasteiger partial charge in [0.2, 0.25) is 5.91 Å². The number of ether oxygens (including phenoxy) is 2. The van der Waals surface area contributed by atoms with E-state index < -0.39 is 0 Å². The van der Waals surface area contributed by atoms with Gasteiger partial charge in [-0.3, -0.25) is 4.79 Å². The first-order chi connectivity index (χ1) is 14.2. The molecule has 0 saturated heterocycles. The van der Waals surface area contributed by atoms with Gasteiger partial charge in [-0.15, -0.1) is 0 Å². The summed E-state index contributed by atoms with van der Waals surface area (Å²) < 4.78 is 11.3. The molecule has 150 valence electrons. The lowest BCUT2D eigenvalue weighted by molar-refractivity contribution is -0.115. The van der Waals surface area contributed by atoms with Gasteiger partial charge in [0.1, 0.15) is 24.7 Å². The lowest BCUT2D eigenvalue weighted by Gasteiger charge is -2.11. The van der Waals surface area contributed by atoms with Crippen molar-refractivity contribution in [2.24, 2.45) is 0 Å². The second-order valence-electron chi connectivity index (χ2n) is 6.28. The number of anilines is 1. The summed E-state index contributed by atoms with van der Waals surface area (Å²) >= 11 is 6.11. The first kappa shape index (κ1) is 20.7. The summed E-state index contributed by atoms with van der Waals surface area (Å²) in [6.45, 7) is 1.55. The normalized spacial score (nSPS) is 10.4. The lowest BCUT2D eigenvalue weighted by Crippen LogP contribution is -2.27. The molecule has 0 aliphatic rings. The van der Waals surface area contributed by atoms with Gasteiger partial charge in [-0.25, -0.2) is 0 Å². The van der Waals surface area contributed by atoms with Gasteiger partial charge in [0.15, 0.2) is 0 Å². The van der Waals surface area contributed by atoms with Crippen molar-refractivity contribution < 1.29 is 14.3 Å². The molecule has 0 fully saturated rings. The van der Waals surface area contributed by atoms with Crippen molar-refractivity contribution in [3.63, 3.8) is 0 Å². The highest BCUT2D eigenvalue weighted by atomic mass is 35.5. The highest BCUT2D eigenvalue weighted by Crippen LogP contribution is 2.18. The Bertz CT molecular complexity index is 919. The second-order valence-corrected chi connectivity index (χ2v) is 6.69. The van der Waals surface area contributed by atoms with Crippen LogP contribution in [0.3, 0.4) is 0 Å². The van der Waals surface area contributed by atoms with E-state index in [4.69, 9.17) is 21.1 Å². The van der Waals surface area contributed by atoms with Crippen LogP contribution in [0, 0.1) is 0 Å². The maximum Gasteiger partial charge on any atom is 0.238 e. The van der Waals surface area contributed by atoms with Crippen molar-refractivity contribution in [2.75, 3.05) is 25.1 Å². The van der Waals surface area contributed by atoms with Gasteiger partial charge >= 0.3 is 0 Å². The number of carbonyl (C=O) groups excluding carboxylic acids is 1. The van der Waals surface area contributed by atoms with Gasteiger partial charge in [-0.1, -0.05) is 54.1 Å². The largest absolute Gasteiger partial charge is 0.490 e. The van der Waals surface area contributed by atoms with Gasteiger partial charge in [0, 0.05) is 23.3 Å². The van der Waals surface area contributed by atoms with Gasteiger partial charge in [0.25, 0.3) is 0 Å². The highest BCUT2D eigenvalue weighted by molar-refractivity contribution is 6.31. The Kier molecular flexibility index (Phi) is 7.92. The maximum absolute atomic E-state index is 12.1. The molecular formula is C23H23ClN2O3. The van der Waals surface area contributed by atoms with Crippen molar-refractivity contribution in [3.8, 4) is 11.5 Å². The zero-order valence-corrected chi connectivity index (χ0v) is 16.7. The highest BCUT2D eigenvalue weighted by Gasteiger charge is 2.05. The number of halogens is 1. The number of para-hydroxylation sites is 1. The summed E-state index contributed by atoms with van der Waals surface area (Å²) in [6, 6.07) is 24.4. The molecule has 0 aliphatic heterocycles. The predicted molar refractivity (Wildman–Crippen MR) is 116 cm³/mol. The zero-order chi connectivity index (χ0) is 20.3. The van der Waals surface area contributed by atoms with Gasteiger partial charge in [-0.2, -0.15) is 0 Å². The van der Waals surface area contributed by atoms with Crippen molar-refractivity contribution in [1.29, 1.82) is 0 Å². The summed E-state index contributed by atoms with van der Waals surface area (Å²) in [6.07, 6.45) is 0. The van der Waals surface area contributed by atoms with E-state index in [1.54, 1.807) is 6.07 Å². The van der Waals surface area contributed by atoms with Crippen molar-refractivity contribution in [3.05, 3.63) is 89.4 Å². The summed E-state index contributed by atoms with van der Waals surface area (Å²) in [7, 11) is 0. The van der Waals surface area contributed by atoms with Crippen molar-refractivity contribution >= 4 is 23.2 Å². The Hall–Kier alpha value is -3.02. The fraction of sp³-hybridized carbons (Fsp3) is 0.174. The average Bonchev–Trinajstić information content (AvgIpc) is 2.74. The van der Waals surface area contributed by atoms with E-state index in [0.717, 1.165) is 11.3 Å². The van der Waals surface area contributed by atoms with E-state index >= 15 is 0 Å². The number of rotatable bonds is 10. The number of benzene rings is 3. The molecule has 0 saturated carbocycles. The summed E-state index contributed by atoms with van der Waals surface area (Å²) in [5, 5.41) is 6.63. The van der Waals surface area contributed by atoms with Crippen molar-refractivity contribution in [1.82, 2.24) is 5.32 Å². The van der Waals surface area contributed by atoms with Crippen LogP contribution in [0.15, 0.2) is 78.9 Å². The number of hydrogen-bond donors (Lipinski definition) is 2. The van der Waals surface area contributed by atoms with E-state index in [1.807, 2.05) is 72.8 Å². The summed E-state index contributed by atoms with van der Waals surface area (Å²) in [5.41, 5.74) is 1.63. The van der Waals surface area contributed by atoms with Crippen LogP contribution in [-0.2, 0) is 11.3 Å². The molecule has 0 heterocycles. The fourth-order valence-electron chi connectivity index (χ4n) is 2.66. The predicted octanol–water partition coefficient (Wildman–Crippen LogP) is 4.53. The lowest BCUT2D eigenvalue weighted by atomic mass is 10.2. The molecule has 0 radical (unpaired) electrons. The molecule has 0 atom stereocenters. The molecule has 2 N–H and O–H groups in total. The monoisotopic (exact) mass is 410 g/mol. The minimum Gasteiger partial charge on any atom is -0.490 e. The van der Waals surface area contributed by atoms with E-state index in [-0.39, 0.29) is 12.5 Å². The van der Waals surface area contributed by atoms with E-state index in [2.05, 4.69) is 10.6 Å².